The molecule has 2 N–H and O–H groups in total. The van der Waals surface area contributed by atoms with E-state index >= 15 is 0 Å². The Morgan fingerprint density at radius 2 is 2.11 bits per heavy atom. The van der Waals surface area contributed by atoms with E-state index in [0.717, 1.165) is 45.3 Å². The highest BCUT2D eigenvalue weighted by Crippen LogP contribution is 2.15. The zero-order valence-corrected chi connectivity index (χ0v) is 11.7. The fourth-order valence-electron chi connectivity index (χ4n) is 2.60. The van der Waals surface area contributed by atoms with E-state index in [9.17, 15) is 8.42 Å². The van der Waals surface area contributed by atoms with Crippen LogP contribution in [0.2, 0.25) is 0 Å². The normalized spacial score (nSPS) is 30.2. The SMILES string of the molecule is O=S(=O)(NCCC1CCCCO1)C1CCCNC1. The van der Waals surface area contributed by atoms with Crippen LogP contribution in [0.1, 0.15) is 38.5 Å². The van der Waals surface area contributed by atoms with E-state index in [4.69, 9.17) is 4.74 Å². The zero-order valence-electron chi connectivity index (χ0n) is 10.9. The summed E-state index contributed by atoms with van der Waals surface area (Å²) in [7, 11) is -3.15. The molecule has 0 aliphatic carbocycles. The molecule has 0 radical (unpaired) electrons. The lowest BCUT2D eigenvalue weighted by atomic mass is 10.1. The van der Waals surface area contributed by atoms with E-state index in [0.29, 0.717) is 13.1 Å². The summed E-state index contributed by atoms with van der Waals surface area (Å²) in [5.74, 6) is 0. The van der Waals surface area contributed by atoms with Gasteiger partial charge in [0.15, 0.2) is 0 Å². The average molecular weight is 276 g/mol. The predicted molar refractivity (Wildman–Crippen MR) is 71.0 cm³/mol. The van der Waals surface area contributed by atoms with Gasteiger partial charge in [-0.05, 0) is 45.1 Å². The molecular weight excluding hydrogens is 252 g/mol. The summed E-state index contributed by atoms with van der Waals surface area (Å²) in [6.45, 7) is 2.84. The van der Waals surface area contributed by atoms with Crippen molar-refractivity contribution < 1.29 is 13.2 Å². The minimum absolute atomic E-state index is 0.242. The first-order valence-corrected chi connectivity index (χ1v) is 8.54. The molecule has 2 aliphatic heterocycles. The second kappa shape index (κ2) is 6.84. The van der Waals surface area contributed by atoms with Crippen LogP contribution in [-0.2, 0) is 14.8 Å². The molecule has 18 heavy (non-hydrogen) atoms. The molecule has 0 bridgehead atoms. The number of sulfonamides is 1. The van der Waals surface area contributed by atoms with E-state index < -0.39 is 10.0 Å². The second-order valence-electron chi connectivity index (χ2n) is 5.18. The molecule has 2 rings (SSSR count). The van der Waals surface area contributed by atoms with Gasteiger partial charge in [0, 0.05) is 19.7 Å². The van der Waals surface area contributed by atoms with Crippen LogP contribution in [-0.4, -0.2) is 46.0 Å². The topological polar surface area (TPSA) is 67.4 Å². The van der Waals surface area contributed by atoms with Gasteiger partial charge in [0.05, 0.1) is 11.4 Å². The van der Waals surface area contributed by atoms with Crippen molar-refractivity contribution >= 4 is 10.0 Å². The maximum absolute atomic E-state index is 12.0. The van der Waals surface area contributed by atoms with Gasteiger partial charge in [-0.3, -0.25) is 0 Å². The van der Waals surface area contributed by atoms with Crippen molar-refractivity contribution in [3.63, 3.8) is 0 Å². The van der Waals surface area contributed by atoms with Gasteiger partial charge in [0.2, 0.25) is 10.0 Å². The maximum atomic E-state index is 12.0. The van der Waals surface area contributed by atoms with Crippen molar-refractivity contribution in [3.8, 4) is 0 Å². The summed E-state index contributed by atoms with van der Waals surface area (Å²) in [5, 5.41) is 2.87. The second-order valence-corrected chi connectivity index (χ2v) is 7.23. The third-order valence-electron chi connectivity index (χ3n) is 3.73. The van der Waals surface area contributed by atoms with Gasteiger partial charge in [-0.2, -0.15) is 0 Å². The van der Waals surface area contributed by atoms with E-state index in [2.05, 4.69) is 10.0 Å². The largest absolute Gasteiger partial charge is 0.378 e. The lowest BCUT2D eigenvalue weighted by molar-refractivity contribution is 0.0123. The molecule has 2 fully saturated rings. The molecule has 5 nitrogen and oxygen atoms in total. The summed E-state index contributed by atoms with van der Waals surface area (Å²) >= 11 is 0. The van der Waals surface area contributed by atoms with Gasteiger partial charge in [-0.1, -0.05) is 0 Å². The first-order chi connectivity index (χ1) is 8.68. The molecule has 2 unspecified atom stereocenters. The van der Waals surface area contributed by atoms with Crippen LogP contribution in [0.4, 0.5) is 0 Å². The van der Waals surface area contributed by atoms with Crippen molar-refractivity contribution in [1.29, 1.82) is 0 Å². The number of hydrogen-bond acceptors (Lipinski definition) is 4. The number of hydrogen-bond donors (Lipinski definition) is 2. The third-order valence-corrected chi connectivity index (χ3v) is 5.62. The summed E-state index contributed by atoms with van der Waals surface area (Å²) in [6, 6.07) is 0. The van der Waals surface area contributed by atoms with Crippen LogP contribution in [0.5, 0.6) is 0 Å². The monoisotopic (exact) mass is 276 g/mol. The van der Waals surface area contributed by atoms with Crippen molar-refractivity contribution in [2.75, 3.05) is 26.2 Å². The standard InChI is InChI=1S/C12H24N2O3S/c15-18(16,12-5-3-7-13-10-12)14-8-6-11-4-1-2-9-17-11/h11-14H,1-10H2. The van der Waals surface area contributed by atoms with Crippen LogP contribution in [0.25, 0.3) is 0 Å². The Balaban J connectivity index is 1.70. The van der Waals surface area contributed by atoms with Gasteiger partial charge in [-0.15, -0.1) is 0 Å². The van der Waals surface area contributed by atoms with Crippen molar-refractivity contribution in [1.82, 2.24) is 10.0 Å². The summed E-state index contributed by atoms with van der Waals surface area (Å²) in [6.07, 6.45) is 6.14. The Morgan fingerprint density at radius 3 is 2.78 bits per heavy atom. The van der Waals surface area contributed by atoms with Gasteiger partial charge in [-0.25, -0.2) is 13.1 Å². The van der Waals surface area contributed by atoms with Crippen LogP contribution < -0.4 is 10.0 Å². The van der Waals surface area contributed by atoms with Crippen molar-refractivity contribution in [2.24, 2.45) is 0 Å². The minimum atomic E-state index is -3.15. The van der Waals surface area contributed by atoms with Gasteiger partial charge < -0.3 is 10.1 Å². The van der Waals surface area contributed by atoms with E-state index in [1.807, 2.05) is 0 Å². The number of ether oxygens (including phenoxy) is 1. The molecule has 106 valence electrons. The highest BCUT2D eigenvalue weighted by molar-refractivity contribution is 7.90. The van der Waals surface area contributed by atoms with Gasteiger partial charge >= 0.3 is 0 Å². The van der Waals surface area contributed by atoms with Gasteiger partial charge in [0.1, 0.15) is 0 Å². The lowest BCUT2D eigenvalue weighted by Gasteiger charge is -2.25. The van der Waals surface area contributed by atoms with Crippen molar-refractivity contribution in [3.05, 3.63) is 0 Å². The molecule has 0 amide bonds. The fourth-order valence-corrected chi connectivity index (χ4v) is 4.05. The molecule has 0 aromatic carbocycles. The van der Waals surface area contributed by atoms with E-state index in [1.54, 1.807) is 0 Å². The van der Waals surface area contributed by atoms with Gasteiger partial charge in [0.25, 0.3) is 0 Å². The fraction of sp³-hybridized carbons (Fsp3) is 1.00. The van der Waals surface area contributed by atoms with Crippen molar-refractivity contribution in [2.45, 2.75) is 49.9 Å². The van der Waals surface area contributed by atoms with Crippen LogP contribution in [0.3, 0.4) is 0 Å². The molecule has 2 atom stereocenters. The van der Waals surface area contributed by atoms with Crippen LogP contribution in [0, 0.1) is 0 Å². The number of rotatable bonds is 5. The Labute approximate surface area is 110 Å². The Bertz CT molecular complexity index is 333. The molecular formula is C12H24N2O3S. The molecule has 2 saturated heterocycles. The summed E-state index contributed by atoms with van der Waals surface area (Å²) in [4.78, 5) is 0. The molecule has 6 heteroatoms. The average Bonchev–Trinajstić information content (AvgIpc) is 2.41. The Hall–Kier alpha value is -0.170. The summed E-state index contributed by atoms with van der Waals surface area (Å²) in [5.41, 5.74) is 0. The zero-order chi connectivity index (χ0) is 12.8. The minimum Gasteiger partial charge on any atom is -0.378 e. The van der Waals surface area contributed by atoms with Crippen LogP contribution >= 0.6 is 0 Å². The summed E-state index contributed by atoms with van der Waals surface area (Å²) < 4.78 is 32.4. The maximum Gasteiger partial charge on any atom is 0.215 e. The Kier molecular flexibility index (Phi) is 5.41. The molecule has 2 heterocycles. The number of nitrogens with one attached hydrogen (secondary N) is 2. The smallest absolute Gasteiger partial charge is 0.215 e. The Morgan fingerprint density at radius 1 is 1.22 bits per heavy atom. The molecule has 0 aromatic heterocycles. The molecule has 0 saturated carbocycles. The van der Waals surface area contributed by atoms with E-state index in [1.165, 1.54) is 6.42 Å². The highest BCUT2D eigenvalue weighted by atomic mass is 32.2. The lowest BCUT2D eigenvalue weighted by Crippen LogP contribution is -2.44. The molecule has 0 spiro atoms. The highest BCUT2D eigenvalue weighted by Gasteiger charge is 2.26. The first kappa shape index (κ1) is 14.2. The quantitative estimate of drug-likeness (QED) is 0.772. The third kappa shape index (κ3) is 4.19. The molecule has 2 aliphatic rings. The predicted octanol–water partition coefficient (Wildman–Crippen LogP) is 0.617. The number of piperidine rings is 1. The van der Waals surface area contributed by atoms with Crippen LogP contribution in [0.15, 0.2) is 0 Å². The molecule has 0 aromatic rings. The van der Waals surface area contributed by atoms with E-state index in [-0.39, 0.29) is 11.4 Å². The first-order valence-electron chi connectivity index (χ1n) is 6.99.